The summed E-state index contributed by atoms with van der Waals surface area (Å²) in [6.45, 7) is 4.10. The first-order chi connectivity index (χ1) is 6.90. The summed E-state index contributed by atoms with van der Waals surface area (Å²) in [6.07, 6.45) is 5.59. The van der Waals surface area contributed by atoms with Crippen molar-refractivity contribution >= 4 is 0 Å². The maximum absolute atomic E-state index is 4.53. The van der Waals surface area contributed by atoms with E-state index < -0.39 is 0 Å². The third-order valence-electron chi connectivity index (χ3n) is 2.41. The molecule has 0 amide bonds. The summed E-state index contributed by atoms with van der Waals surface area (Å²) in [7, 11) is 0. The molecule has 2 rings (SSSR count). The summed E-state index contributed by atoms with van der Waals surface area (Å²) in [4.78, 5) is 8.82. The van der Waals surface area contributed by atoms with Gasteiger partial charge in [-0.2, -0.15) is 0 Å². The van der Waals surface area contributed by atoms with Crippen LogP contribution in [0.25, 0.3) is 0 Å². The normalized spacial score (nSPS) is 15.8. The lowest BCUT2D eigenvalue weighted by atomic mass is 10.3. The Morgan fingerprint density at radius 3 is 3.07 bits per heavy atom. The maximum Gasteiger partial charge on any atom is 0.131 e. The van der Waals surface area contributed by atoms with Crippen LogP contribution in [0, 0.1) is 0 Å². The molecule has 0 spiro atoms. The van der Waals surface area contributed by atoms with Gasteiger partial charge in [0, 0.05) is 18.7 Å². The zero-order valence-electron chi connectivity index (χ0n) is 8.66. The van der Waals surface area contributed by atoms with Crippen molar-refractivity contribution in [3.8, 4) is 0 Å². The van der Waals surface area contributed by atoms with Crippen LogP contribution in [-0.4, -0.2) is 16.5 Å². The van der Waals surface area contributed by atoms with Crippen LogP contribution in [0.3, 0.4) is 0 Å². The molecule has 1 N–H and O–H groups in total. The van der Waals surface area contributed by atoms with Crippen LogP contribution in [0.1, 0.15) is 43.6 Å². The van der Waals surface area contributed by atoms with Crippen molar-refractivity contribution in [2.75, 3.05) is 6.54 Å². The molecule has 1 heterocycles. The van der Waals surface area contributed by atoms with Gasteiger partial charge in [-0.05, 0) is 31.9 Å². The van der Waals surface area contributed by atoms with E-state index in [1.807, 2.05) is 12.3 Å². The summed E-state index contributed by atoms with van der Waals surface area (Å²) >= 11 is 0. The maximum atomic E-state index is 4.53. The van der Waals surface area contributed by atoms with Crippen molar-refractivity contribution in [2.24, 2.45) is 0 Å². The van der Waals surface area contributed by atoms with Gasteiger partial charge in [0.25, 0.3) is 0 Å². The minimum absolute atomic E-state index is 0.654. The summed E-state index contributed by atoms with van der Waals surface area (Å²) in [5.74, 6) is 1.70. The van der Waals surface area contributed by atoms with Crippen LogP contribution in [0.2, 0.25) is 0 Å². The molecular formula is C11H17N3. The Labute approximate surface area is 85.0 Å². The van der Waals surface area contributed by atoms with Crippen LogP contribution in [0.15, 0.2) is 12.3 Å². The molecule has 1 aromatic rings. The predicted octanol–water partition coefficient (Wildman–Crippen LogP) is 1.85. The molecule has 3 nitrogen and oxygen atoms in total. The molecule has 0 saturated heterocycles. The van der Waals surface area contributed by atoms with Gasteiger partial charge in [-0.15, -0.1) is 0 Å². The second-order valence-electron chi connectivity index (χ2n) is 3.86. The van der Waals surface area contributed by atoms with Crippen molar-refractivity contribution < 1.29 is 0 Å². The Kier molecular flexibility index (Phi) is 3.09. The molecule has 0 unspecified atom stereocenters. The Balaban J connectivity index is 1.92. The Morgan fingerprint density at radius 1 is 1.50 bits per heavy atom. The van der Waals surface area contributed by atoms with Crippen molar-refractivity contribution in [1.82, 2.24) is 15.3 Å². The first-order valence-electron chi connectivity index (χ1n) is 5.42. The van der Waals surface area contributed by atoms with Gasteiger partial charge in [-0.1, -0.05) is 6.92 Å². The monoisotopic (exact) mass is 191 g/mol. The molecule has 1 aromatic heterocycles. The molecule has 1 aliphatic carbocycles. The number of aromatic nitrogens is 2. The van der Waals surface area contributed by atoms with Crippen LogP contribution in [0.4, 0.5) is 0 Å². The Hall–Kier alpha value is -0.960. The van der Waals surface area contributed by atoms with Crippen molar-refractivity contribution in [1.29, 1.82) is 0 Å². The highest BCUT2D eigenvalue weighted by Crippen LogP contribution is 2.37. The molecule has 0 atom stereocenters. The molecule has 3 heteroatoms. The Morgan fingerprint density at radius 2 is 2.36 bits per heavy atom. The SMILES string of the molecule is CCCNCc1ccnc(C2CC2)n1. The smallest absolute Gasteiger partial charge is 0.131 e. The van der Waals surface area contributed by atoms with Crippen LogP contribution >= 0.6 is 0 Å². The lowest BCUT2D eigenvalue weighted by Crippen LogP contribution is -2.15. The van der Waals surface area contributed by atoms with Crippen molar-refractivity contribution in [3.63, 3.8) is 0 Å². The fraction of sp³-hybridized carbons (Fsp3) is 0.636. The summed E-state index contributed by atoms with van der Waals surface area (Å²) in [5.41, 5.74) is 1.12. The minimum Gasteiger partial charge on any atom is -0.311 e. The highest BCUT2D eigenvalue weighted by Gasteiger charge is 2.26. The molecule has 0 aromatic carbocycles. The third kappa shape index (κ3) is 2.51. The molecule has 76 valence electrons. The van der Waals surface area contributed by atoms with Gasteiger partial charge in [0.15, 0.2) is 0 Å². The van der Waals surface area contributed by atoms with E-state index in [0.29, 0.717) is 5.92 Å². The zero-order chi connectivity index (χ0) is 9.80. The number of hydrogen-bond acceptors (Lipinski definition) is 3. The fourth-order valence-corrected chi connectivity index (χ4v) is 1.44. The average Bonchev–Trinajstić information content (AvgIpc) is 3.02. The lowest BCUT2D eigenvalue weighted by Gasteiger charge is -2.03. The molecule has 0 aliphatic heterocycles. The van der Waals surface area contributed by atoms with E-state index >= 15 is 0 Å². The van der Waals surface area contributed by atoms with E-state index in [1.165, 1.54) is 19.3 Å². The highest BCUT2D eigenvalue weighted by atomic mass is 14.9. The number of hydrogen-bond donors (Lipinski definition) is 1. The topological polar surface area (TPSA) is 37.8 Å². The van der Waals surface area contributed by atoms with Gasteiger partial charge in [0.05, 0.1) is 5.69 Å². The molecule has 0 bridgehead atoms. The van der Waals surface area contributed by atoms with Gasteiger partial charge >= 0.3 is 0 Å². The molecule has 1 fully saturated rings. The molecule has 1 aliphatic rings. The quantitative estimate of drug-likeness (QED) is 0.722. The highest BCUT2D eigenvalue weighted by molar-refractivity contribution is 5.09. The van der Waals surface area contributed by atoms with Crippen LogP contribution in [0.5, 0.6) is 0 Å². The largest absolute Gasteiger partial charge is 0.311 e. The van der Waals surface area contributed by atoms with Crippen molar-refractivity contribution in [3.05, 3.63) is 23.8 Å². The van der Waals surface area contributed by atoms with Crippen molar-refractivity contribution in [2.45, 2.75) is 38.6 Å². The van der Waals surface area contributed by atoms with E-state index in [9.17, 15) is 0 Å². The van der Waals surface area contributed by atoms with Gasteiger partial charge in [0.2, 0.25) is 0 Å². The van der Waals surface area contributed by atoms with E-state index in [0.717, 1.165) is 24.6 Å². The zero-order valence-corrected chi connectivity index (χ0v) is 8.66. The number of nitrogens with one attached hydrogen (secondary N) is 1. The molecule has 1 saturated carbocycles. The first-order valence-corrected chi connectivity index (χ1v) is 5.42. The van der Waals surface area contributed by atoms with Gasteiger partial charge in [-0.3, -0.25) is 0 Å². The number of nitrogens with zero attached hydrogens (tertiary/aromatic N) is 2. The van der Waals surface area contributed by atoms with Crippen LogP contribution < -0.4 is 5.32 Å². The van der Waals surface area contributed by atoms with Gasteiger partial charge < -0.3 is 5.32 Å². The summed E-state index contributed by atoms with van der Waals surface area (Å²) in [6, 6.07) is 1.99. The number of rotatable bonds is 5. The molecule has 14 heavy (non-hydrogen) atoms. The standard InChI is InChI=1S/C11H17N3/c1-2-6-12-8-10-5-7-13-11(14-10)9-3-4-9/h5,7,9,12H,2-4,6,8H2,1H3. The fourth-order valence-electron chi connectivity index (χ4n) is 1.44. The average molecular weight is 191 g/mol. The van der Waals surface area contributed by atoms with Gasteiger partial charge in [-0.25, -0.2) is 9.97 Å². The minimum atomic E-state index is 0.654. The first kappa shape index (κ1) is 9.59. The summed E-state index contributed by atoms with van der Waals surface area (Å²) in [5, 5.41) is 3.35. The molecule has 0 radical (unpaired) electrons. The third-order valence-corrected chi connectivity index (χ3v) is 2.41. The molecular weight excluding hydrogens is 174 g/mol. The second-order valence-corrected chi connectivity index (χ2v) is 3.86. The summed E-state index contributed by atoms with van der Waals surface area (Å²) < 4.78 is 0. The second kappa shape index (κ2) is 4.51. The predicted molar refractivity (Wildman–Crippen MR) is 56.0 cm³/mol. The van der Waals surface area contributed by atoms with E-state index in [4.69, 9.17) is 0 Å². The van der Waals surface area contributed by atoms with Crippen LogP contribution in [-0.2, 0) is 6.54 Å². The van der Waals surface area contributed by atoms with E-state index in [1.54, 1.807) is 0 Å². The van der Waals surface area contributed by atoms with Gasteiger partial charge in [0.1, 0.15) is 5.82 Å². The van der Waals surface area contributed by atoms with E-state index in [-0.39, 0.29) is 0 Å². The Bertz CT molecular complexity index is 294. The lowest BCUT2D eigenvalue weighted by molar-refractivity contribution is 0.658. The van der Waals surface area contributed by atoms with E-state index in [2.05, 4.69) is 22.2 Å².